The van der Waals surface area contributed by atoms with E-state index >= 15 is 0 Å². The number of hydrogen-bond donors (Lipinski definition) is 2. The van der Waals surface area contributed by atoms with Crippen LogP contribution < -0.4 is 10.6 Å². The first-order valence-corrected chi connectivity index (χ1v) is 10.6. The maximum atomic E-state index is 13.3. The summed E-state index contributed by atoms with van der Waals surface area (Å²) in [6.45, 7) is 0. The Bertz CT molecular complexity index is 1080. The van der Waals surface area contributed by atoms with E-state index in [1.54, 1.807) is 17.9 Å². The van der Waals surface area contributed by atoms with Gasteiger partial charge in [-0.05, 0) is 37.8 Å². The number of fused-ring (bicyclic) bond motifs is 1. The molecule has 0 bridgehead atoms. The lowest BCUT2D eigenvalue weighted by Crippen LogP contribution is -2.41. The second-order valence-electron chi connectivity index (χ2n) is 7.40. The summed E-state index contributed by atoms with van der Waals surface area (Å²) in [5, 5.41) is 10.2. The first-order chi connectivity index (χ1) is 14.2. The van der Waals surface area contributed by atoms with Crippen molar-refractivity contribution in [3.63, 3.8) is 0 Å². The summed E-state index contributed by atoms with van der Waals surface area (Å²) in [5.74, 6) is -0.204. The zero-order valence-corrected chi connectivity index (χ0v) is 17.5. The van der Waals surface area contributed by atoms with Crippen LogP contribution in [0, 0.1) is 0 Å². The number of hydrogen-bond acceptors (Lipinski definition) is 5. The lowest BCUT2D eigenvalue weighted by molar-refractivity contribution is -0.140. The summed E-state index contributed by atoms with van der Waals surface area (Å²) in [5.41, 5.74) is 0.115. The normalized spacial score (nSPS) is 19.8. The molecule has 0 unspecified atom stereocenters. The molecule has 30 heavy (non-hydrogen) atoms. The third-order valence-electron chi connectivity index (χ3n) is 5.08. The highest BCUT2D eigenvalue weighted by molar-refractivity contribution is 7.23. The van der Waals surface area contributed by atoms with Crippen LogP contribution in [0.1, 0.15) is 41.7 Å². The molecule has 6 nitrogen and oxygen atoms in total. The number of anilines is 1. The van der Waals surface area contributed by atoms with E-state index in [0.29, 0.717) is 26.7 Å². The molecule has 0 aliphatic heterocycles. The maximum absolute atomic E-state index is 13.3. The number of nitrogens with zero attached hydrogens (tertiary/aromatic N) is 3. The van der Waals surface area contributed by atoms with Crippen molar-refractivity contribution in [2.24, 2.45) is 7.05 Å². The van der Waals surface area contributed by atoms with Crippen LogP contribution in [0.2, 0.25) is 4.34 Å². The molecule has 0 radical (unpaired) electrons. The Balaban J connectivity index is 1.51. The SMILES string of the molecule is Cn1cc(C(=O)N[C@@H]2CCC[C@H](Nc3cc(C(F)(F)F)nc4cc(Cl)sc34)C2)cn1. The van der Waals surface area contributed by atoms with Crippen molar-refractivity contribution >= 4 is 44.7 Å². The Morgan fingerprint density at radius 2 is 2.07 bits per heavy atom. The Labute approximate surface area is 179 Å². The van der Waals surface area contributed by atoms with Gasteiger partial charge in [0.05, 0.1) is 32.0 Å². The summed E-state index contributed by atoms with van der Waals surface area (Å²) < 4.78 is 42.4. The molecular formula is C19H19ClF3N5OS. The van der Waals surface area contributed by atoms with E-state index in [1.807, 2.05) is 0 Å². The molecule has 3 aromatic heterocycles. The zero-order valence-electron chi connectivity index (χ0n) is 16.0. The first kappa shape index (κ1) is 20.9. The van der Waals surface area contributed by atoms with E-state index in [2.05, 4.69) is 20.7 Å². The molecule has 2 N–H and O–H groups in total. The van der Waals surface area contributed by atoms with Gasteiger partial charge in [-0.25, -0.2) is 4.98 Å². The summed E-state index contributed by atoms with van der Waals surface area (Å²) in [7, 11) is 1.73. The van der Waals surface area contributed by atoms with Crippen LogP contribution in [-0.4, -0.2) is 32.8 Å². The summed E-state index contributed by atoms with van der Waals surface area (Å²) in [4.78, 5) is 16.1. The van der Waals surface area contributed by atoms with Gasteiger partial charge < -0.3 is 10.6 Å². The van der Waals surface area contributed by atoms with Gasteiger partial charge in [0, 0.05) is 25.3 Å². The minimum Gasteiger partial charge on any atom is -0.381 e. The molecule has 1 saturated carbocycles. The number of carbonyl (C=O) groups is 1. The Hall–Kier alpha value is -2.33. The van der Waals surface area contributed by atoms with Gasteiger partial charge in [-0.15, -0.1) is 11.3 Å². The lowest BCUT2D eigenvalue weighted by atomic mass is 9.90. The van der Waals surface area contributed by atoms with E-state index < -0.39 is 11.9 Å². The second kappa shape index (κ2) is 8.07. The lowest BCUT2D eigenvalue weighted by Gasteiger charge is -2.31. The van der Waals surface area contributed by atoms with Crippen molar-refractivity contribution in [1.29, 1.82) is 0 Å². The van der Waals surface area contributed by atoms with Crippen molar-refractivity contribution in [2.45, 2.75) is 43.9 Å². The van der Waals surface area contributed by atoms with Crippen molar-refractivity contribution in [3.05, 3.63) is 40.1 Å². The molecule has 160 valence electrons. The smallest absolute Gasteiger partial charge is 0.381 e. The fourth-order valence-electron chi connectivity index (χ4n) is 3.72. The van der Waals surface area contributed by atoms with Crippen LogP contribution in [0.15, 0.2) is 24.5 Å². The Kier molecular flexibility index (Phi) is 5.63. The van der Waals surface area contributed by atoms with Gasteiger partial charge >= 0.3 is 6.18 Å². The third-order valence-corrected chi connectivity index (χ3v) is 6.36. The number of halogens is 4. The minimum atomic E-state index is -4.55. The number of rotatable bonds is 4. The van der Waals surface area contributed by atoms with Crippen molar-refractivity contribution < 1.29 is 18.0 Å². The number of alkyl halides is 3. The highest BCUT2D eigenvalue weighted by atomic mass is 35.5. The number of aromatic nitrogens is 3. The monoisotopic (exact) mass is 457 g/mol. The van der Waals surface area contributed by atoms with Gasteiger partial charge in [-0.3, -0.25) is 9.48 Å². The molecule has 11 heteroatoms. The largest absolute Gasteiger partial charge is 0.433 e. The topological polar surface area (TPSA) is 71.8 Å². The molecule has 0 aromatic carbocycles. The number of pyridine rings is 1. The predicted octanol–water partition coefficient (Wildman–Crippen LogP) is 4.86. The third kappa shape index (κ3) is 4.54. The number of amides is 1. The average molecular weight is 458 g/mol. The molecule has 1 aliphatic carbocycles. The van der Waals surface area contributed by atoms with Crippen LogP contribution in [0.5, 0.6) is 0 Å². The predicted molar refractivity (Wildman–Crippen MR) is 110 cm³/mol. The fourth-order valence-corrected chi connectivity index (χ4v) is 4.86. The molecule has 1 aliphatic rings. The van der Waals surface area contributed by atoms with E-state index in [9.17, 15) is 18.0 Å². The van der Waals surface area contributed by atoms with E-state index in [1.165, 1.54) is 23.6 Å². The Morgan fingerprint density at radius 1 is 1.30 bits per heavy atom. The zero-order chi connectivity index (χ0) is 21.5. The van der Waals surface area contributed by atoms with Crippen LogP contribution >= 0.6 is 22.9 Å². The molecule has 1 fully saturated rings. The minimum absolute atomic E-state index is 0.0738. The molecule has 4 rings (SSSR count). The van der Waals surface area contributed by atoms with Crippen LogP contribution in [0.25, 0.3) is 10.2 Å². The average Bonchev–Trinajstić information content (AvgIpc) is 3.26. The first-order valence-electron chi connectivity index (χ1n) is 9.42. The molecule has 0 spiro atoms. The maximum Gasteiger partial charge on any atom is 0.433 e. The molecular weight excluding hydrogens is 439 g/mol. The van der Waals surface area contributed by atoms with E-state index in [4.69, 9.17) is 11.6 Å². The number of carbonyl (C=O) groups excluding carboxylic acids is 1. The number of nitrogens with one attached hydrogen (secondary N) is 2. The van der Waals surface area contributed by atoms with E-state index in [-0.39, 0.29) is 23.5 Å². The van der Waals surface area contributed by atoms with Crippen LogP contribution in [-0.2, 0) is 13.2 Å². The summed E-state index contributed by atoms with van der Waals surface area (Å²) in [6.07, 6.45) is 1.66. The van der Waals surface area contributed by atoms with Crippen molar-refractivity contribution in [1.82, 2.24) is 20.1 Å². The quantitative estimate of drug-likeness (QED) is 0.587. The molecule has 3 heterocycles. The van der Waals surface area contributed by atoms with Gasteiger partial charge in [0.1, 0.15) is 5.69 Å². The second-order valence-corrected chi connectivity index (χ2v) is 9.08. The summed E-state index contributed by atoms with van der Waals surface area (Å²) in [6, 6.07) is 2.33. The molecule has 3 aromatic rings. The van der Waals surface area contributed by atoms with Gasteiger partial charge in [0.25, 0.3) is 5.91 Å². The number of aryl methyl sites for hydroxylation is 1. The van der Waals surface area contributed by atoms with Gasteiger partial charge in [-0.1, -0.05) is 11.6 Å². The van der Waals surface area contributed by atoms with Gasteiger partial charge in [0.2, 0.25) is 0 Å². The van der Waals surface area contributed by atoms with Crippen molar-refractivity contribution in [3.8, 4) is 0 Å². The highest BCUT2D eigenvalue weighted by Crippen LogP contribution is 2.39. The van der Waals surface area contributed by atoms with Crippen LogP contribution in [0.4, 0.5) is 18.9 Å². The fraction of sp³-hybridized carbons (Fsp3) is 0.421. The van der Waals surface area contributed by atoms with Crippen LogP contribution in [0.3, 0.4) is 0 Å². The molecule has 0 saturated heterocycles. The summed E-state index contributed by atoms with van der Waals surface area (Å²) >= 11 is 7.21. The highest BCUT2D eigenvalue weighted by Gasteiger charge is 2.34. The standard InChI is InChI=1S/C19H19ClF3N5OS/c1-28-9-10(8-24-28)18(29)26-12-4-2-3-11(5-12)25-13-6-15(19(21,22)23)27-14-7-16(20)30-17(13)14/h6-9,11-12H,2-5H2,1H3,(H,25,27)(H,26,29)/t11-,12+/m0/s1. The molecule has 1 amide bonds. The Morgan fingerprint density at radius 3 is 2.77 bits per heavy atom. The van der Waals surface area contributed by atoms with Gasteiger partial charge in [-0.2, -0.15) is 18.3 Å². The van der Waals surface area contributed by atoms with E-state index in [0.717, 1.165) is 25.3 Å². The van der Waals surface area contributed by atoms with Crippen molar-refractivity contribution in [2.75, 3.05) is 5.32 Å². The molecule has 2 atom stereocenters. The van der Waals surface area contributed by atoms with Gasteiger partial charge in [0.15, 0.2) is 0 Å². The number of thiophene rings is 1.